The number of hydrogen-bond donors (Lipinski definition) is 2. The van der Waals surface area contributed by atoms with Crippen molar-refractivity contribution >= 4 is 34.2 Å². The Morgan fingerprint density at radius 2 is 1.92 bits per heavy atom. The minimum atomic E-state index is -0.890. The maximum Gasteiger partial charge on any atom is 0.341 e. The third-order valence-corrected chi connectivity index (χ3v) is 6.56. The highest BCUT2D eigenvalue weighted by atomic mass is 32.1. The van der Waals surface area contributed by atoms with Crippen LogP contribution in [0.15, 0.2) is 6.07 Å². The fraction of sp³-hybridized carbons (Fsp3) is 0.611. The molecule has 1 aromatic rings. The van der Waals surface area contributed by atoms with Crippen LogP contribution in [-0.2, 0) is 20.7 Å². The number of carbonyl (C=O) groups is 3. The van der Waals surface area contributed by atoms with Crippen LogP contribution in [0.4, 0.5) is 5.00 Å². The minimum Gasteiger partial charge on any atom is -0.481 e. The first kappa shape index (κ1) is 17.9. The summed E-state index contributed by atoms with van der Waals surface area (Å²) in [5, 5.41) is 12.8. The van der Waals surface area contributed by atoms with Crippen molar-refractivity contribution in [3.63, 3.8) is 0 Å². The molecular formula is C18H23NO5S. The third kappa shape index (κ3) is 3.29. The molecule has 0 saturated heterocycles. The van der Waals surface area contributed by atoms with Crippen LogP contribution < -0.4 is 5.32 Å². The minimum absolute atomic E-state index is 0.0947. The molecule has 1 aromatic heterocycles. The molecule has 6 nitrogen and oxygen atoms in total. The Labute approximate surface area is 150 Å². The van der Waals surface area contributed by atoms with Gasteiger partial charge in [-0.15, -0.1) is 11.3 Å². The third-order valence-electron chi connectivity index (χ3n) is 5.37. The van der Waals surface area contributed by atoms with E-state index in [0.717, 1.165) is 30.6 Å². The summed E-state index contributed by atoms with van der Waals surface area (Å²) in [7, 11) is 0. The Morgan fingerprint density at radius 3 is 2.52 bits per heavy atom. The van der Waals surface area contributed by atoms with Gasteiger partial charge in [0.15, 0.2) is 0 Å². The number of rotatable bonds is 6. The molecule has 2 aliphatic carbocycles. The lowest BCUT2D eigenvalue weighted by molar-refractivity contribution is -0.148. The Morgan fingerprint density at radius 1 is 1.24 bits per heavy atom. The SMILES string of the molecule is CCOC(=O)c1cc(CC)sc1NC(=O)[C@@H]1[C@H]2CC[C@@H](C2)[C@@H]1C(=O)O. The molecule has 1 amide bonds. The number of ether oxygens (including phenoxy) is 1. The van der Waals surface area contributed by atoms with E-state index < -0.39 is 23.8 Å². The zero-order valence-corrected chi connectivity index (χ0v) is 15.2. The fourth-order valence-electron chi connectivity index (χ4n) is 4.29. The smallest absolute Gasteiger partial charge is 0.341 e. The molecule has 2 fully saturated rings. The summed E-state index contributed by atoms with van der Waals surface area (Å²) in [6.45, 7) is 3.97. The molecule has 0 spiro atoms. The van der Waals surface area contributed by atoms with Crippen LogP contribution in [-0.4, -0.2) is 29.6 Å². The second kappa shape index (κ2) is 7.15. The molecule has 3 rings (SSSR count). The summed E-state index contributed by atoms with van der Waals surface area (Å²) in [6.07, 6.45) is 3.35. The number of thiophene rings is 1. The maximum atomic E-state index is 12.8. The van der Waals surface area contributed by atoms with Crippen LogP contribution in [0.2, 0.25) is 0 Å². The highest BCUT2D eigenvalue weighted by Crippen LogP contribution is 2.52. The number of hydrogen-bond acceptors (Lipinski definition) is 5. The number of fused-ring (bicyclic) bond motifs is 2. The van der Waals surface area contributed by atoms with E-state index >= 15 is 0 Å². The van der Waals surface area contributed by atoms with Crippen molar-refractivity contribution in [2.24, 2.45) is 23.7 Å². The predicted molar refractivity (Wildman–Crippen MR) is 93.7 cm³/mol. The summed E-state index contributed by atoms with van der Waals surface area (Å²) in [5.41, 5.74) is 0.354. The number of aryl methyl sites for hydroxylation is 1. The van der Waals surface area contributed by atoms with Gasteiger partial charge in [0.25, 0.3) is 0 Å². The second-order valence-electron chi connectivity index (χ2n) is 6.74. The van der Waals surface area contributed by atoms with Gasteiger partial charge in [-0.05, 0) is 50.5 Å². The summed E-state index contributed by atoms with van der Waals surface area (Å²) < 4.78 is 5.06. The van der Waals surface area contributed by atoms with Crippen LogP contribution in [0, 0.1) is 23.7 Å². The number of amides is 1. The number of anilines is 1. The Bertz CT molecular complexity index is 698. The van der Waals surface area contributed by atoms with Crippen LogP contribution >= 0.6 is 11.3 Å². The standard InChI is InChI=1S/C18H23NO5S/c1-3-11-8-12(18(23)24-4-2)16(25-11)19-15(20)13-9-5-6-10(7-9)14(13)17(21)22/h8-10,13-14H,3-7H2,1-2H3,(H,19,20)(H,21,22)/t9-,10-,13+,14-/m0/s1. The van der Waals surface area contributed by atoms with Gasteiger partial charge in [-0.2, -0.15) is 0 Å². The second-order valence-corrected chi connectivity index (χ2v) is 7.88. The van der Waals surface area contributed by atoms with E-state index in [1.165, 1.54) is 11.3 Å². The number of aliphatic carboxylic acids is 1. The predicted octanol–water partition coefficient (Wildman–Crippen LogP) is 3.17. The molecule has 2 N–H and O–H groups in total. The monoisotopic (exact) mass is 365 g/mol. The van der Waals surface area contributed by atoms with Gasteiger partial charge in [0, 0.05) is 4.88 Å². The lowest BCUT2D eigenvalue weighted by atomic mass is 9.79. The van der Waals surface area contributed by atoms with Crippen molar-refractivity contribution in [1.29, 1.82) is 0 Å². The highest BCUT2D eigenvalue weighted by molar-refractivity contribution is 7.16. The van der Waals surface area contributed by atoms with E-state index in [4.69, 9.17) is 4.74 Å². The molecular weight excluding hydrogens is 342 g/mol. The lowest BCUT2D eigenvalue weighted by Gasteiger charge is -2.26. The summed E-state index contributed by atoms with van der Waals surface area (Å²) in [4.78, 5) is 37.6. The van der Waals surface area contributed by atoms with Crippen LogP contribution in [0.1, 0.15) is 48.3 Å². The molecule has 7 heteroatoms. The Hall–Kier alpha value is -1.89. The molecule has 2 saturated carbocycles. The van der Waals surface area contributed by atoms with Crippen molar-refractivity contribution < 1.29 is 24.2 Å². The van der Waals surface area contributed by atoms with Gasteiger partial charge in [0.1, 0.15) is 5.00 Å². The van der Waals surface area contributed by atoms with Crippen LogP contribution in [0.25, 0.3) is 0 Å². The van der Waals surface area contributed by atoms with Gasteiger partial charge in [-0.25, -0.2) is 4.79 Å². The quantitative estimate of drug-likeness (QED) is 0.755. The fourth-order valence-corrected chi connectivity index (χ4v) is 5.28. The lowest BCUT2D eigenvalue weighted by Crippen LogP contribution is -2.37. The van der Waals surface area contributed by atoms with Gasteiger partial charge in [-0.1, -0.05) is 6.92 Å². The number of carboxylic acid groups (broad SMARTS) is 1. The van der Waals surface area contributed by atoms with Crippen molar-refractivity contribution in [3.05, 3.63) is 16.5 Å². The van der Waals surface area contributed by atoms with E-state index in [1.807, 2.05) is 6.92 Å². The van der Waals surface area contributed by atoms with Gasteiger partial charge >= 0.3 is 11.9 Å². The molecule has 2 aliphatic rings. The molecule has 2 bridgehead atoms. The number of esters is 1. The Kier molecular flexibility index (Phi) is 5.13. The number of nitrogens with one attached hydrogen (secondary N) is 1. The average molecular weight is 365 g/mol. The topological polar surface area (TPSA) is 92.7 Å². The first-order valence-corrected chi connectivity index (χ1v) is 9.61. The molecule has 136 valence electrons. The molecule has 0 aliphatic heterocycles. The van der Waals surface area contributed by atoms with E-state index in [-0.39, 0.29) is 24.3 Å². The van der Waals surface area contributed by atoms with E-state index in [9.17, 15) is 19.5 Å². The zero-order valence-electron chi connectivity index (χ0n) is 14.4. The normalized spacial score (nSPS) is 27.3. The van der Waals surface area contributed by atoms with Gasteiger partial charge in [0.05, 0.1) is 24.0 Å². The summed E-state index contributed by atoms with van der Waals surface area (Å²) in [5.74, 6) is -2.54. The highest BCUT2D eigenvalue weighted by Gasteiger charge is 2.54. The maximum absolute atomic E-state index is 12.8. The van der Waals surface area contributed by atoms with E-state index in [2.05, 4.69) is 5.32 Å². The van der Waals surface area contributed by atoms with E-state index in [1.54, 1.807) is 13.0 Å². The van der Waals surface area contributed by atoms with Crippen LogP contribution in [0.5, 0.6) is 0 Å². The number of carbonyl (C=O) groups excluding carboxylic acids is 2. The van der Waals surface area contributed by atoms with Crippen molar-refractivity contribution in [2.45, 2.75) is 39.5 Å². The molecule has 25 heavy (non-hydrogen) atoms. The molecule has 0 radical (unpaired) electrons. The van der Waals surface area contributed by atoms with Gasteiger partial charge in [0.2, 0.25) is 5.91 Å². The van der Waals surface area contributed by atoms with Gasteiger partial charge < -0.3 is 15.2 Å². The Balaban J connectivity index is 1.82. The summed E-state index contributed by atoms with van der Waals surface area (Å²) >= 11 is 1.35. The first-order valence-electron chi connectivity index (χ1n) is 8.79. The zero-order chi connectivity index (χ0) is 18.1. The van der Waals surface area contributed by atoms with Crippen LogP contribution in [0.3, 0.4) is 0 Å². The van der Waals surface area contributed by atoms with Crippen molar-refractivity contribution in [2.75, 3.05) is 11.9 Å². The van der Waals surface area contributed by atoms with Crippen molar-refractivity contribution in [3.8, 4) is 0 Å². The first-order chi connectivity index (χ1) is 12.0. The number of carboxylic acids is 1. The van der Waals surface area contributed by atoms with Gasteiger partial charge in [-0.3, -0.25) is 9.59 Å². The molecule has 1 heterocycles. The largest absolute Gasteiger partial charge is 0.481 e. The van der Waals surface area contributed by atoms with E-state index in [0.29, 0.717) is 10.6 Å². The summed E-state index contributed by atoms with van der Waals surface area (Å²) in [6, 6.07) is 1.74. The molecule has 0 unspecified atom stereocenters. The van der Waals surface area contributed by atoms with Crippen molar-refractivity contribution in [1.82, 2.24) is 0 Å². The average Bonchev–Trinajstić information content (AvgIpc) is 3.28. The molecule has 0 aromatic carbocycles. The molecule has 4 atom stereocenters.